The summed E-state index contributed by atoms with van der Waals surface area (Å²) >= 11 is 0. The number of aliphatic imine (C=N–C) groups is 1. The van der Waals surface area contributed by atoms with E-state index in [1.54, 1.807) is 19.1 Å². The predicted octanol–water partition coefficient (Wildman–Crippen LogP) is 1.33. The fraction of sp³-hybridized carbons (Fsp3) is 0.385. The number of aliphatic hydroxyl groups excluding tert-OH is 1. The van der Waals surface area contributed by atoms with Crippen molar-refractivity contribution >= 4 is 12.4 Å². The first-order valence-corrected chi connectivity index (χ1v) is 5.64. The maximum atomic E-state index is 11.5. The maximum Gasteiger partial charge on any atom is 0.337 e. The van der Waals surface area contributed by atoms with E-state index in [-0.39, 0.29) is 6.61 Å². The zero-order chi connectivity index (χ0) is 13.4. The van der Waals surface area contributed by atoms with Crippen LogP contribution in [0.15, 0.2) is 35.3 Å². The topological polar surface area (TPSA) is 68.1 Å². The van der Waals surface area contributed by atoms with Gasteiger partial charge in [0.25, 0.3) is 0 Å². The SMILES string of the molecule is CCOC(=O)C(O)C(N=COC)c1ccccc1. The summed E-state index contributed by atoms with van der Waals surface area (Å²) in [6, 6.07) is 8.29. The molecule has 2 atom stereocenters. The zero-order valence-electron chi connectivity index (χ0n) is 10.4. The molecule has 5 heteroatoms. The number of ether oxygens (including phenoxy) is 2. The Bertz CT molecular complexity index is 391. The Morgan fingerprint density at radius 1 is 1.44 bits per heavy atom. The first-order chi connectivity index (χ1) is 8.70. The van der Waals surface area contributed by atoms with Crippen LogP contribution in [0, 0.1) is 0 Å². The van der Waals surface area contributed by atoms with Gasteiger partial charge in [0.05, 0.1) is 13.7 Å². The van der Waals surface area contributed by atoms with E-state index >= 15 is 0 Å². The van der Waals surface area contributed by atoms with E-state index in [0.29, 0.717) is 5.56 Å². The van der Waals surface area contributed by atoms with Gasteiger partial charge in [0.15, 0.2) is 12.5 Å². The summed E-state index contributed by atoms with van der Waals surface area (Å²) in [5, 5.41) is 9.94. The van der Waals surface area contributed by atoms with Crippen molar-refractivity contribution in [3.05, 3.63) is 35.9 Å². The molecule has 0 bridgehead atoms. The largest absolute Gasteiger partial charge is 0.487 e. The Morgan fingerprint density at radius 2 is 2.11 bits per heavy atom. The van der Waals surface area contributed by atoms with Crippen LogP contribution in [0.5, 0.6) is 0 Å². The van der Waals surface area contributed by atoms with Gasteiger partial charge in [0.2, 0.25) is 0 Å². The molecule has 0 saturated carbocycles. The van der Waals surface area contributed by atoms with Crippen molar-refractivity contribution in [3.63, 3.8) is 0 Å². The minimum Gasteiger partial charge on any atom is -0.487 e. The van der Waals surface area contributed by atoms with Gasteiger partial charge >= 0.3 is 5.97 Å². The first kappa shape index (κ1) is 14.2. The normalized spacial score (nSPS) is 14.2. The van der Waals surface area contributed by atoms with E-state index in [4.69, 9.17) is 9.47 Å². The Kier molecular flexibility index (Phi) is 5.87. The third kappa shape index (κ3) is 3.85. The fourth-order valence-corrected chi connectivity index (χ4v) is 1.48. The maximum absolute atomic E-state index is 11.5. The molecule has 1 rings (SSSR count). The summed E-state index contributed by atoms with van der Waals surface area (Å²) in [7, 11) is 1.45. The number of benzene rings is 1. The molecule has 0 aliphatic rings. The number of carbonyl (C=O) groups is 1. The van der Waals surface area contributed by atoms with E-state index in [2.05, 4.69) is 4.99 Å². The molecule has 98 valence electrons. The molecular formula is C13H17NO4. The average Bonchev–Trinajstić information content (AvgIpc) is 2.40. The molecule has 0 heterocycles. The molecule has 18 heavy (non-hydrogen) atoms. The Labute approximate surface area is 106 Å². The van der Waals surface area contributed by atoms with Gasteiger partial charge in [-0.25, -0.2) is 9.79 Å². The monoisotopic (exact) mass is 251 g/mol. The van der Waals surface area contributed by atoms with Crippen LogP contribution in [0.2, 0.25) is 0 Å². The lowest BCUT2D eigenvalue weighted by atomic mass is 10.0. The highest BCUT2D eigenvalue weighted by Crippen LogP contribution is 2.21. The molecule has 0 fully saturated rings. The molecule has 0 saturated heterocycles. The number of hydrogen-bond acceptors (Lipinski definition) is 5. The van der Waals surface area contributed by atoms with Crippen molar-refractivity contribution in [1.82, 2.24) is 0 Å². The second-order valence-corrected chi connectivity index (χ2v) is 3.54. The predicted molar refractivity (Wildman–Crippen MR) is 67.3 cm³/mol. The summed E-state index contributed by atoms with van der Waals surface area (Å²) in [4.78, 5) is 15.6. The third-order valence-corrected chi connectivity index (χ3v) is 2.30. The second-order valence-electron chi connectivity index (χ2n) is 3.54. The van der Waals surface area contributed by atoms with E-state index in [1.807, 2.05) is 18.2 Å². The summed E-state index contributed by atoms with van der Waals surface area (Å²) in [5.74, 6) is -0.695. The number of rotatable bonds is 6. The minimum atomic E-state index is -1.35. The number of esters is 1. The van der Waals surface area contributed by atoms with Gasteiger partial charge in [0.1, 0.15) is 6.04 Å². The highest BCUT2D eigenvalue weighted by molar-refractivity contribution is 5.76. The molecule has 1 aromatic carbocycles. The van der Waals surface area contributed by atoms with Crippen LogP contribution in [0.1, 0.15) is 18.5 Å². The van der Waals surface area contributed by atoms with Crippen LogP contribution in [0.4, 0.5) is 0 Å². The third-order valence-electron chi connectivity index (χ3n) is 2.30. The highest BCUT2D eigenvalue weighted by Gasteiger charge is 2.28. The number of aliphatic hydroxyl groups is 1. The summed E-state index contributed by atoms with van der Waals surface area (Å²) < 4.78 is 9.51. The lowest BCUT2D eigenvalue weighted by molar-refractivity contribution is -0.154. The van der Waals surface area contributed by atoms with E-state index < -0.39 is 18.1 Å². The van der Waals surface area contributed by atoms with Crippen molar-refractivity contribution in [2.45, 2.75) is 19.1 Å². The molecule has 5 nitrogen and oxygen atoms in total. The van der Waals surface area contributed by atoms with Crippen molar-refractivity contribution in [1.29, 1.82) is 0 Å². The van der Waals surface area contributed by atoms with Gasteiger partial charge in [-0.15, -0.1) is 0 Å². The Morgan fingerprint density at radius 3 is 2.67 bits per heavy atom. The van der Waals surface area contributed by atoms with Crippen molar-refractivity contribution in [2.75, 3.05) is 13.7 Å². The Balaban J connectivity index is 2.91. The van der Waals surface area contributed by atoms with Gasteiger partial charge in [0, 0.05) is 0 Å². The van der Waals surface area contributed by atoms with Gasteiger partial charge < -0.3 is 14.6 Å². The van der Waals surface area contributed by atoms with Crippen molar-refractivity contribution in [2.24, 2.45) is 4.99 Å². The molecule has 1 N–H and O–H groups in total. The number of methoxy groups -OCH3 is 1. The first-order valence-electron chi connectivity index (χ1n) is 5.64. The second kappa shape index (κ2) is 7.45. The van der Waals surface area contributed by atoms with E-state index in [0.717, 1.165) is 0 Å². The zero-order valence-corrected chi connectivity index (χ0v) is 10.4. The number of hydrogen-bond donors (Lipinski definition) is 1. The molecule has 0 aromatic heterocycles. The summed E-state index contributed by atoms with van der Waals surface area (Å²) in [6.07, 6.45) is -0.154. The van der Waals surface area contributed by atoms with Gasteiger partial charge in [-0.2, -0.15) is 0 Å². The smallest absolute Gasteiger partial charge is 0.337 e. The molecule has 0 spiro atoms. The lowest BCUT2D eigenvalue weighted by Gasteiger charge is -2.17. The van der Waals surface area contributed by atoms with Crippen LogP contribution in [0.25, 0.3) is 0 Å². The summed E-state index contributed by atoms with van der Waals surface area (Å²) in [5.41, 5.74) is 0.714. The van der Waals surface area contributed by atoms with Gasteiger partial charge in [-0.05, 0) is 12.5 Å². The van der Waals surface area contributed by atoms with Crippen LogP contribution in [0.3, 0.4) is 0 Å². The van der Waals surface area contributed by atoms with E-state index in [9.17, 15) is 9.90 Å². The lowest BCUT2D eigenvalue weighted by Crippen LogP contribution is -2.29. The van der Waals surface area contributed by atoms with Gasteiger partial charge in [-0.3, -0.25) is 0 Å². The quantitative estimate of drug-likeness (QED) is 0.470. The minimum absolute atomic E-state index is 0.214. The van der Waals surface area contributed by atoms with Crippen LogP contribution < -0.4 is 0 Å². The van der Waals surface area contributed by atoms with Crippen molar-refractivity contribution < 1.29 is 19.4 Å². The van der Waals surface area contributed by atoms with Crippen molar-refractivity contribution in [3.8, 4) is 0 Å². The molecule has 0 aliphatic heterocycles. The molecule has 0 radical (unpaired) electrons. The molecular weight excluding hydrogens is 234 g/mol. The molecule has 2 unspecified atom stereocenters. The summed E-state index contributed by atoms with van der Waals surface area (Å²) in [6.45, 7) is 1.89. The Hall–Kier alpha value is -1.88. The number of carbonyl (C=O) groups excluding carboxylic acids is 1. The van der Waals surface area contributed by atoms with Gasteiger partial charge in [-0.1, -0.05) is 30.3 Å². The molecule has 0 amide bonds. The van der Waals surface area contributed by atoms with Crippen LogP contribution >= 0.6 is 0 Å². The molecule has 1 aromatic rings. The molecule has 0 aliphatic carbocycles. The fourth-order valence-electron chi connectivity index (χ4n) is 1.48. The van der Waals surface area contributed by atoms with Crippen LogP contribution in [-0.2, 0) is 14.3 Å². The average molecular weight is 251 g/mol. The highest BCUT2D eigenvalue weighted by atomic mass is 16.5. The number of nitrogens with zero attached hydrogens (tertiary/aromatic N) is 1. The standard InChI is InChI=1S/C13H17NO4/c1-3-18-13(16)12(15)11(14-9-17-2)10-7-5-4-6-8-10/h4-9,11-12,15H,3H2,1-2H3. The van der Waals surface area contributed by atoms with Crippen LogP contribution in [-0.4, -0.2) is 37.3 Å². The van der Waals surface area contributed by atoms with E-state index in [1.165, 1.54) is 13.5 Å².